The van der Waals surface area contributed by atoms with Gasteiger partial charge in [-0.1, -0.05) is 0 Å². The minimum Gasteiger partial charge on any atom is -0.493 e. The maximum Gasteiger partial charge on any atom is 0.261 e. The summed E-state index contributed by atoms with van der Waals surface area (Å²) in [6, 6.07) is 4.95. The van der Waals surface area contributed by atoms with Gasteiger partial charge in [-0.2, -0.15) is 0 Å². The van der Waals surface area contributed by atoms with Crippen molar-refractivity contribution >= 4 is 28.6 Å². The first kappa shape index (κ1) is 23.7. The molecule has 5 N–H and O–H groups in total. The third-order valence-electron chi connectivity index (χ3n) is 5.33. The first-order chi connectivity index (χ1) is 17.0. The number of methoxy groups -OCH3 is 1. The minimum absolute atomic E-state index is 0.257. The van der Waals surface area contributed by atoms with Crippen LogP contribution in [0, 0.1) is 0 Å². The number of imidazole rings is 1. The Bertz CT molecular complexity index is 1410. The number of ether oxygens (including phenoxy) is 2. The lowest BCUT2D eigenvalue weighted by Crippen LogP contribution is -2.21. The fourth-order valence-corrected chi connectivity index (χ4v) is 3.67. The second kappa shape index (κ2) is 10.2. The van der Waals surface area contributed by atoms with E-state index in [4.69, 9.17) is 15.2 Å². The van der Waals surface area contributed by atoms with Crippen molar-refractivity contribution in [2.24, 2.45) is 4.99 Å². The zero-order valence-corrected chi connectivity index (χ0v) is 20.0. The number of pyridine rings is 1. The molecule has 11 heteroatoms. The number of benzene rings is 1. The number of H-pyrrole nitrogens is 2. The highest BCUT2D eigenvalue weighted by Gasteiger charge is 2.22. The SMILES string of the molecule is CCN=Cc1[nH]c(=O)c(-c2nc3cc(OC)c(OCC)cc3[nH]2)c(N[C@@H](C)c2ncccn2)c1N. The molecule has 0 aliphatic heterocycles. The third-order valence-corrected chi connectivity index (χ3v) is 5.33. The molecule has 0 unspecified atom stereocenters. The van der Waals surface area contributed by atoms with Gasteiger partial charge in [0.1, 0.15) is 17.2 Å². The van der Waals surface area contributed by atoms with Crippen LogP contribution < -0.4 is 26.1 Å². The van der Waals surface area contributed by atoms with Gasteiger partial charge in [-0.15, -0.1) is 0 Å². The van der Waals surface area contributed by atoms with E-state index in [1.165, 1.54) is 0 Å². The molecule has 35 heavy (non-hydrogen) atoms. The molecule has 0 radical (unpaired) electrons. The fraction of sp³-hybridized carbons (Fsp3) is 0.292. The maximum absolute atomic E-state index is 13.3. The number of nitrogens with two attached hydrogens (primary N) is 1. The smallest absolute Gasteiger partial charge is 0.261 e. The number of hydrogen-bond donors (Lipinski definition) is 4. The Kier molecular flexibility index (Phi) is 6.95. The number of anilines is 2. The van der Waals surface area contributed by atoms with Crippen molar-refractivity contribution in [3.63, 3.8) is 0 Å². The number of aromatic nitrogens is 5. The molecule has 0 amide bonds. The van der Waals surface area contributed by atoms with E-state index in [9.17, 15) is 4.79 Å². The number of nitrogens with one attached hydrogen (secondary N) is 3. The molecule has 182 valence electrons. The lowest BCUT2D eigenvalue weighted by atomic mass is 10.1. The predicted octanol–water partition coefficient (Wildman–Crippen LogP) is 3.31. The second-order valence-electron chi connectivity index (χ2n) is 7.67. The number of hydrogen-bond acceptors (Lipinski definition) is 9. The molecule has 1 atom stereocenters. The van der Waals surface area contributed by atoms with Gasteiger partial charge in [0, 0.05) is 37.3 Å². The summed E-state index contributed by atoms with van der Waals surface area (Å²) in [7, 11) is 1.56. The van der Waals surface area contributed by atoms with E-state index in [0.29, 0.717) is 64.4 Å². The molecule has 11 nitrogen and oxygen atoms in total. The van der Waals surface area contributed by atoms with Gasteiger partial charge in [0.15, 0.2) is 11.5 Å². The molecule has 3 aromatic heterocycles. The number of nitrogen functional groups attached to an aromatic ring is 1. The van der Waals surface area contributed by atoms with E-state index >= 15 is 0 Å². The van der Waals surface area contributed by atoms with E-state index in [1.807, 2.05) is 20.8 Å². The van der Waals surface area contributed by atoms with Crippen molar-refractivity contribution in [2.75, 3.05) is 31.3 Å². The number of fused-ring (bicyclic) bond motifs is 1. The molecule has 0 bridgehead atoms. The zero-order valence-electron chi connectivity index (χ0n) is 20.0. The lowest BCUT2D eigenvalue weighted by molar-refractivity contribution is 0.311. The minimum atomic E-state index is -0.378. The summed E-state index contributed by atoms with van der Waals surface area (Å²) < 4.78 is 11.1. The first-order valence-electron chi connectivity index (χ1n) is 11.3. The molecule has 4 aromatic rings. The zero-order chi connectivity index (χ0) is 24.9. The molecule has 0 spiro atoms. The highest BCUT2D eigenvalue weighted by Crippen LogP contribution is 2.36. The van der Waals surface area contributed by atoms with Crippen molar-refractivity contribution in [3.05, 3.63) is 52.5 Å². The van der Waals surface area contributed by atoms with E-state index in [0.717, 1.165) is 0 Å². The van der Waals surface area contributed by atoms with Crippen LogP contribution >= 0.6 is 0 Å². The van der Waals surface area contributed by atoms with Gasteiger partial charge in [-0.3, -0.25) is 9.79 Å². The van der Waals surface area contributed by atoms with Gasteiger partial charge in [-0.25, -0.2) is 15.0 Å². The lowest BCUT2D eigenvalue weighted by Gasteiger charge is -2.19. The Morgan fingerprint density at radius 3 is 2.66 bits per heavy atom. The van der Waals surface area contributed by atoms with Crippen molar-refractivity contribution in [3.8, 4) is 22.9 Å². The van der Waals surface area contributed by atoms with Crippen molar-refractivity contribution in [1.29, 1.82) is 0 Å². The molecular weight excluding hydrogens is 448 g/mol. The summed E-state index contributed by atoms with van der Waals surface area (Å²) in [6.45, 7) is 6.70. The van der Waals surface area contributed by atoms with Crippen molar-refractivity contribution in [1.82, 2.24) is 24.9 Å². The molecule has 0 saturated carbocycles. The van der Waals surface area contributed by atoms with Crippen LogP contribution in [-0.4, -0.2) is 51.4 Å². The highest BCUT2D eigenvalue weighted by atomic mass is 16.5. The fourth-order valence-electron chi connectivity index (χ4n) is 3.67. The van der Waals surface area contributed by atoms with Gasteiger partial charge in [0.05, 0.1) is 47.9 Å². The highest BCUT2D eigenvalue weighted by molar-refractivity contribution is 5.95. The van der Waals surface area contributed by atoms with Crippen molar-refractivity contribution < 1.29 is 9.47 Å². The topological polar surface area (TPSA) is 156 Å². The van der Waals surface area contributed by atoms with Crippen LogP contribution in [0.1, 0.15) is 38.3 Å². The van der Waals surface area contributed by atoms with Crippen LogP contribution in [0.5, 0.6) is 11.5 Å². The van der Waals surface area contributed by atoms with Crippen LogP contribution in [-0.2, 0) is 0 Å². The largest absolute Gasteiger partial charge is 0.493 e. The molecule has 0 aliphatic carbocycles. The van der Waals surface area contributed by atoms with Crippen LogP contribution in [0.2, 0.25) is 0 Å². The number of aromatic amines is 2. The molecular formula is C24H28N8O3. The Morgan fingerprint density at radius 2 is 1.97 bits per heavy atom. The van der Waals surface area contributed by atoms with Crippen LogP contribution in [0.15, 0.2) is 40.4 Å². The van der Waals surface area contributed by atoms with Gasteiger partial charge in [-0.05, 0) is 26.8 Å². The second-order valence-corrected chi connectivity index (χ2v) is 7.67. The molecule has 0 fully saturated rings. The van der Waals surface area contributed by atoms with Crippen LogP contribution in [0.4, 0.5) is 11.4 Å². The first-order valence-corrected chi connectivity index (χ1v) is 11.3. The van der Waals surface area contributed by atoms with E-state index < -0.39 is 0 Å². The maximum atomic E-state index is 13.3. The van der Waals surface area contributed by atoms with E-state index in [1.54, 1.807) is 43.9 Å². The third kappa shape index (κ3) is 4.79. The summed E-state index contributed by atoms with van der Waals surface area (Å²) in [5.41, 5.74) is 8.82. The Hall–Kier alpha value is -4.41. The van der Waals surface area contributed by atoms with Crippen LogP contribution in [0.3, 0.4) is 0 Å². The van der Waals surface area contributed by atoms with Gasteiger partial charge < -0.3 is 30.5 Å². The summed E-state index contributed by atoms with van der Waals surface area (Å²) >= 11 is 0. The average molecular weight is 477 g/mol. The predicted molar refractivity (Wildman–Crippen MR) is 136 cm³/mol. The quantitative estimate of drug-likeness (QED) is 0.268. The van der Waals surface area contributed by atoms with Gasteiger partial charge in [0.2, 0.25) is 0 Å². The summed E-state index contributed by atoms with van der Waals surface area (Å²) in [5.74, 6) is 2.01. The standard InChI is InChI=1S/C24H28N8O3/c1-5-26-12-16-20(25)21(29-13(3)22-27-8-7-9-28-22)19(24(33)32-16)23-30-14-10-17(34-4)18(35-6-2)11-15(14)31-23/h7-13H,5-6,25H2,1-4H3,(H,30,31)(H2,29,32,33)/t13-/m0/s1. The molecule has 3 heterocycles. The van der Waals surface area contributed by atoms with Crippen molar-refractivity contribution in [2.45, 2.75) is 26.8 Å². The average Bonchev–Trinajstić information content (AvgIpc) is 3.27. The normalized spacial score (nSPS) is 12.2. The molecule has 0 saturated heterocycles. The number of nitrogens with zero attached hydrogens (tertiary/aromatic N) is 4. The van der Waals surface area contributed by atoms with E-state index in [2.05, 4.69) is 35.2 Å². The van der Waals surface area contributed by atoms with E-state index in [-0.39, 0.29) is 17.2 Å². The van der Waals surface area contributed by atoms with Gasteiger partial charge in [0.25, 0.3) is 5.56 Å². The summed E-state index contributed by atoms with van der Waals surface area (Å²) in [5, 5.41) is 3.31. The summed E-state index contributed by atoms with van der Waals surface area (Å²) in [6.07, 6.45) is 4.86. The number of rotatable bonds is 9. The Labute approximate surface area is 201 Å². The monoisotopic (exact) mass is 476 g/mol. The molecule has 1 aromatic carbocycles. The Balaban J connectivity index is 1.89. The van der Waals surface area contributed by atoms with Crippen LogP contribution in [0.25, 0.3) is 22.4 Å². The number of aliphatic imine (C=N–C) groups is 1. The van der Waals surface area contributed by atoms with Gasteiger partial charge >= 0.3 is 0 Å². The Morgan fingerprint density at radius 1 is 1.20 bits per heavy atom. The molecule has 4 rings (SSSR count). The summed E-state index contributed by atoms with van der Waals surface area (Å²) in [4.78, 5) is 36.8. The molecule has 0 aliphatic rings.